The van der Waals surface area contributed by atoms with Gasteiger partial charge in [0.15, 0.2) is 0 Å². The third kappa shape index (κ3) is 7.04. The van der Waals surface area contributed by atoms with E-state index in [0.29, 0.717) is 11.5 Å². The average molecular weight is 609 g/mol. The molecule has 0 aliphatic carbocycles. The second-order valence-electron chi connectivity index (χ2n) is 12.0. The lowest BCUT2D eigenvalue weighted by Crippen LogP contribution is -2.48. The van der Waals surface area contributed by atoms with Crippen LogP contribution in [0, 0.1) is 6.92 Å². The summed E-state index contributed by atoms with van der Waals surface area (Å²) in [6.07, 6.45) is 4.04. The van der Waals surface area contributed by atoms with E-state index in [1.165, 1.54) is 25.7 Å². The molecule has 0 atom stereocenters. The molecular formula is C35H43F3N4O2. The van der Waals surface area contributed by atoms with Crippen LogP contribution in [0.3, 0.4) is 0 Å². The topological polar surface area (TPSA) is 61.3 Å². The van der Waals surface area contributed by atoms with Crippen molar-refractivity contribution < 1.29 is 18.0 Å². The number of fused-ring (bicyclic) bond motifs is 3. The van der Waals surface area contributed by atoms with Crippen LogP contribution < -0.4 is 5.56 Å². The first-order valence-corrected chi connectivity index (χ1v) is 16.0. The molecule has 2 aromatic heterocycles. The number of aromatic nitrogens is 2. The van der Waals surface area contributed by atoms with Crippen molar-refractivity contribution in [1.29, 1.82) is 0 Å². The van der Waals surface area contributed by atoms with Gasteiger partial charge < -0.3 is 14.5 Å². The van der Waals surface area contributed by atoms with Gasteiger partial charge in [-0.05, 0) is 62.6 Å². The van der Waals surface area contributed by atoms with Crippen LogP contribution in [-0.4, -0.2) is 58.0 Å². The molecule has 1 saturated heterocycles. The fourth-order valence-corrected chi connectivity index (χ4v) is 6.81. The van der Waals surface area contributed by atoms with E-state index in [1.54, 1.807) is 6.07 Å². The highest BCUT2D eigenvalue weighted by atomic mass is 19.4. The fraction of sp³-hybridized carbons (Fsp3) is 0.486. The minimum atomic E-state index is -4.61. The van der Waals surface area contributed by atoms with Gasteiger partial charge in [0.25, 0.3) is 5.91 Å². The number of benzene rings is 2. The van der Waals surface area contributed by atoms with E-state index in [2.05, 4.69) is 14.5 Å². The fourth-order valence-electron chi connectivity index (χ4n) is 6.81. The number of nitrogens with one attached hydrogen (secondary N) is 1. The summed E-state index contributed by atoms with van der Waals surface area (Å²) in [5.41, 5.74) is 2.08. The normalized spacial score (nSPS) is 14.6. The van der Waals surface area contributed by atoms with Gasteiger partial charge in [-0.25, -0.2) is 0 Å². The molecule has 236 valence electrons. The number of hydrogen-bond acceptors (Lipinski definition) is 3. The van der Waals surface area contributed by atoms with Crippen LogP contribution in [0.1, 0.15) is 79.0 Å². The Morgan fingerprint density at radius 1 is 0.841 bits per heavy atom. The molecule has 0 saturated carbocycles. The van der Waals surface area contributed by atoms with Crippen LogP contribution in [-0.2, 0) is 19.1 Å². The third-order valence-corrected chi connectivity index (χ3v) is 9.09. The van der Waals surface area contributed by atoms with Gasteiger partial charge in [0.2, 0.25) is 5.56 Å². The van der Waals surface area contributed by atoms with Gasteiger partial charge in [0.1, 0.15) is 0 Å². The molecule has 1 N–H and O–H groups in total. The quantitative estimate of drug-likeness (QED) is 0.169. The van der Waals surface area contributed by atoms with Gasteiger partial charge in [0.05, 0.1) is 5.56 Å². The number of carbonyl (C=O) groups excluding carboxylic acids is 1. The number of hydrogen-bond donors (Lipinski definition) is 1. The predicted molar refractivity (Wildman–Crippen MR) is 170 cm³/mol. The lowest BCUT2D eigenvalue weighted by atomic mass is 10.0. The first-order chi connectivity index (χ1) is 21.2. The number of halogens is 3. The molecule has 2 aromatic carbocycles. The first-order valence-electron chi connectivity index (χ1n) is 16.0. The molecule has 1 amide bonds. The Hall–Kier alpha value is -3.59. The summed E-state index contributed by atoms with van der Waals surface area (Å²) in [4.78, 5) is 31.6. The first kappa shape index (κ1) is 31.8. The zero-order valence-electron chi connectivity index (χ0n) is 25.8. The molecule has 5 rings (SSSR count). The number of unbranched alkanes of at least 4 members (excludes halogenated alkanes) is 6. The number of carbonyl (C=O) groups is 1. The maximum atomic E-state index is 14.0. The molecular weight excluding hydrogens is 565 g/mol. The Kier molecular flexibility index (Phi) is 10.1. The van der Waals surface area contributed by atoms with E-state index in [0.717, 1.165) is 87.3 Å². The van der Waals surface area contributed by atoms with Crippen LogP contribution in [0.4, 0.5) is 13.2 Å². The Labute approximate surface area is 256 Å². The van der Waals surface area contributed by atoms with Crippen LogP contribution in [0.5, 0.6) is 0 Å². The van der Waals surface area contributed by atoms with E-state index >= 15 is 0 Å². The number of nitrogens with zero attached hydrogens (tertiary/aromatic N) is 3. The van der Waals surface area contributed by atoms with Crippen molar-refractivity contribution in [3.8, 4) is 0 Å². The molecule has 1 aliphatic rings. The number of alkyl halides is 3. The molecule has 6 nitrogen and oxygen atoms in total. The molecule has 9 heteroatoms. The van der Waals surface area contributed by atoms with Crippen LogP contribution in [0.25, 0.3) is 21.8 Å². The van der Waals surface area contributed by atoms with Crippen LogP contribution in [0.2, 0.25) is 0 Å². The average Bonchev–Trinajstić information content (AvgIpc) is 3.29. The highest BCUT2D eigenvalue weighted by molar-refractivity contribution is 6.09. The largest absolute Gasteiger partial charge is 0.417 e. The Morgan fingerprint density at radius 3 is 2.11 bits per heavy atom. The minimum Gasteiger partial charge on any atom is -0.344 e. The van der Waals surface area contributed by atoms with Gasteiger partial charge >= 0.3 is 6.18 Å². The third-order valence-electron chi connectivity index (χ3n) is 9.09. The SMILES string of the molecule is CCc1c(C)c2c3c(C(F)(F)F)cc(=O)[nH]c3ccc2n1CCCCCCCCCN1CCN(C(=O)c2ccccc2)CC1. The molecule has 0 unspecified atom stereocenters. The molecule has 44 heavy (non-hydrogen) atoms. The second kappa shape index (κ2) is 14.0. The molecule has 0 bridgehead atoms. The Balaban J connectivity index is 1.06. The maximum absolute atomic E-state index is 14.0. The number of H-pyrrole nitrogens is 1. The monoisotopic (exact) mass is 608 g/mol. The Morgan fingerprint density at radius 2 is 1.48 bits per heavy atom. The zero-order valence-corrected chi connectivity index (χ0v) is 25.8. The molecule has 1 aliphatic heterocycles. The molecule has 4 aromatic rings. The van der Waals surface area contributed by atoms with E-state index in [-0.39, 0.29) is 16.8 Å². The highest BCUT2D eigenvalue weighted by Crippen LogP contribution is 2.39. The predicted octanol–water partition coefficient (Wildman–Crippen LogP) is 7.56. The lowest BCUT2D eigenvalue weighted by Gasteiger charge is -2.34. The molecule has 0 radical (unpaired) electrons. The number of piperazine rings is 1. The van der Waals surface area contributed by atoms with Crippen molar-refractivity contribution in [1.82, 2.24) is 19.4 Å². The van der Waals surface area contributed by atoms with E-state index in [1.807, 2.05) is 55.1 Å². The van der Waals surface area contributed by atoms with E-state index in [9.17, 15) is 22.8 Å². The van der Waals surface area contributed by atoms with Crippen molar-refractivity contribution in [2.24, 2.45) is 0 Å². The molecule has 3 heterocycles. The van der Waals surface area contributed by atoms with Gasteiger partial charge in [-0.1, -0.05) is 57.2 Å². The lowest BCUT2D eigenvalue weighted by molar-refractivity contribution is -0.136. The summed E-state index contributed by atoms with van der Waals surface area (Å²) < 4.78 is 44.1. The highest BCUT2D eigenvalue weighted by Gasteiger charge is 2.35. The number of amides is 1. The summed E-state index contributed by atoms with van der Waals surface area (Å²) >= 11 is 0. The second-order valence-corrected chi connectivity index (χ2v) is 12.0. The molecule has 0 spiro atoms. The summed E-state index contributed by atoms with van der Waals surface area (Å²) in [5.74, 6) is 0.123. The summed E-state index contributed by atoms with van der Waals surface area (Å²) in [5, 5.41) is 0.676. The summed E-state index contributed by atoms with van der Waals surface area (Å²) in [6, 6.07) is 13.6. The van der Waals surface area contributed by atoms with Gasteiger partial charge in [-0.2, -0.15) is 13.2 Å². The van der Waals surface area contributed by atoms with Gasteiger partial charge in [-0.3, -0.25) is 14.5 Å². The Bertz CT molecular complexity index is 1630. The smallest absolute Gasteiger partial charge is 0.344 e. The van der Waals surface area contributed by atoms with Crippen LogP contribution in [0.15, 0.2) is 53.3 Å². The van der Waals surface area contributed by atoms with Crippen LogP contribution >= 0.6 is 0 Å². The van der Waals surface area contributed by atoms with Gasteiger partial charge in [0, 0.05) is 71.9 Å². The number of aryl methyl sites for hydroxylation is 2. The number of rotatable bonds is 12. The maximum Gasteiger partial charge on any atom is 0.417 e. The van der Waals surface area contributed by atoms with Crippen molar-refractivity contribution >= 4 is 27.7 Å². The van der Waals surface area contributed by atoms with E-state index in [4.69, 9.17) is 0 Å². The molecule has 1 fully saturated rings. The standard InChI is InChI=1S/C35H43F3N4O2/c1-3-29-25(2)32-30(17-16-28-33(32)27(35(36,37)38)24-31(43)39-28)42(29)19-13-8-6-4-5-7-12-18-40-20-22-41(23-21-40)34(44)26-14-10-9-11-15-26/h9-11,14-17,24H,3-8,12-13,18-23H2,1-2H3,(H,39,43). The van der Waals surface area contributed by atoms with Crippen molar-refractivity contribution in [2.45, 2.75) is 77.9 Å². The van der Waals surface area contributed by atoms with Crippen molar-refractivity contribution in [3.63, 3.8) is 0 Å². The number of aromatic amines is 1. The van der Waals surface area contributed by atoms with E-state index < -0.39 is 17.3 Å². The van der Waals surface area contributed by atoms with Crippen molar-refractivity contribution in [2.75, 3.05) is 32.7 Å². The van der Waals surface area contributed by atoms with Crippen molar-refractivity contribution in [3.05, 3.63) is 81.3 Å². The zero-order chi connectivity index (χ0) is 31.3. The minimum absolute atomic E-state index is 0.0862. The summed E-state index contributed by atoms with van der Waals surface area (Å²) in [7, 11) is 0. The van der Waals surface area contributed by atoms with Gasteiger partial charge in [-0.15, -0.1) is 0 Å². The summed E-state index contributed by atoms with van der Waals surface area (Å²) in [6.45, 7) is 9.19. The number of pyridine rings is 1.